The molecule has 2 aliphatic rings. The molecule has 7 nitrogen and oxygen atoms in total. The largest absolute Gasteiger partial charge is 0.616 e. The number of amides is 1. The van der Waals surface area contributed by atoms with Gasteiger partial charge in [0, 0.05) is 19.9 Å². The van der Waals surface area contributed by atoms with Crippen LogP contribution >= 0.6 is 22.9 Å². The Bertz CT molecular complexity index is 804. The summed E-state index contributed by atoms with van der Waals surface area (Å²) in [5.41, 5.74) is 0. The zero-order valence-electron chi connectivity index (χ0n) is 15.6. The van der Waals surface area contributed by atoms with Gasteiger partial charge in [-0.25, -0.2) is 0 Å². The zero-order valence-corrected chi connectivity index (χ0v) is 18.0. The van der Waals surface area contributed by atoms with Gasteiger partial charge in [0.05, 0.1) is 14.8 Å². The second-order valence-electron chi connectivity index (χ2n) is 6.95. The van der Waals surface area contributed by atoms with E-state index in [1.165, 1.54) is 17.4 Å². The lowest BCUT2D eigenvalue weighted by Crippen LogP contribution is -2.60. The first-order valence-electron chi connectivity index (χ1n) is 9.14. The van der Waals surface area contributed by atoms with Gasteiger partial charge in [-0.15, -0.1) is 11.3 Å². The highest BCUT2D eigenvalue weighted by Gasteiger charge is 2.52. The quantitative estimate of drug-likeness (QED) is 0.280. The van der Waals surface area contributed by atoms with Crippen molar-refractivity contribution in [2.45, 2.75) is 42.9 Å². The molecule has 1 aliphatic carbocycles. The van der Waals surface area contributed by atoms with Crippen molar-refractivity contribution in [3.63, 3.8) is 0 Å². The predicted molar refractivity (Wildman–Crippen MR) is 115 cm³/mol. The van der Waals surface area contributed by atoms with Crippen LogP contribution in [0.3, 0.4) is 0 Å². The van der Waals surface area contributed by atoms with Gasteiger partial charge in [0.15, 0.2) is 10.6 Å². The van der Waals surface area contributed by atoms with Crippen LogP contribution in [0.5, 0.6) is 0 Å². The highest BCUT2D eigenvalue weighted by atomic mass is 35.5. The molecule has 2 heterocycles. The standard InChI is InChI=1S/C18H24ClN5O2S2/c1-22-8-5-14(20)24-16(25)13-9-11(19)15(27-13)12-10-28(26)18(17(21)23-12)6-3-2-4-7-18/h5,8-9,12,22H,2-4,6-7,10H2,1H3,(H2,21,23)(H2,20,24,25)/b8-5-/t12-,28?/m0/s1. The maximum absolute atomic E-state index is 13.0. The van der Waals surface area contributed by atoms with E-state index in [1.807, 2.05) is 0 Å². The fraction of sp³-hybridized carbons (Fsp3) is 0.500. The molecule has 2 atom stereocenters. The molecule has 1 aliphatic heterocycles. The molecule has 1 amide bonds. The fourth-order valence-electron chi connectivity index (χ4n) is 3.64. The Labute approximate surface area is 176 Å². The Morgan fingerprint density at radius 1 is 1.46 bits per heavy atom. The Morgan fingerprint density at radius 2 is 2.18 bits per heavy atom. The smallest absolute Gasteiger partial charge is 0.266 e. The summed E-state index contributed by atoms with van der Waals surface area (Å²) in [5, 5.41) is 25.1. The van der Waals surface area contributed by atoms with E-state index in [0.717, 1.165) is 32.1 Å². The summed E-state index contributed by atoms with van der Waals surface area (Å²) >= 11 is 6.41. The summed E-state index contributed by atoms with van der Waals surface area (Å²) in [6.07, 6.45) is 7.67. The Balaban J connectivity index is 1.73. The molecule has 28 heavy (non-hydrogen) atoms. The van der Waals surface area contributed by atoms with E-state index < -0.39 is 21.8 Å². The first kappa shape index (κ1) is 21.2. The lowest BCUT2D eigenvalue weighted by molar-refractivity contribution is 0.0981. The van der Waals surface area contributed by atoms with Gasteiger partial charge in [-0.1, -0.05) is 18.0 Å². The average Bonchev–Trinajstić information content (AvgIpc) is 3.07. The minimum atomic E-state index is -1.16. The van der Waals surface area contributed by atoms with Crippen molar-refractivity contribution < 1.29 is 9.35 Å². The molecular weight excluding hydrogens is 418 g/mol. The topological polar surface area (TPSA) is 124 Å². The van der Waals surface area contributed by atoms with Crippen LogP contribution in [0.25, 0.3) is 0 Å². The van der Waals surface area contributed by atoms with Crippen LogP contribution in [-0.2, 0) is 11.2 Å². The Morgan fingerprint density at radius 3 is 2.82 bits per heavy atom. The van der Waals surface area contributed by atoms with Gasteiger partial charge >= 0.3 is 0 Å². The molecule has 152 valence electrons. The summed E-state index contributed by atoms with van der Waals surface area (Å²) < 4.78 is 12.5. The summed E-state index contributed by atoms with van der Waals surface area (Å²) in [4.78, 5) is 13.4. The van der Waals surface area contributed by atoms with Crippen LogP contribution in [0.4, 0.5) is 0 Å². The van der Waals surface area contributed by atoms with Crippen molar-refractivity contribution in [1.29, 1.82) is 10.8 Å². The summed E-state index contributed by atoms with van der Waals surface area (Å²) in [6.45, 7) is 0. The van der Waals surface area contributed by atoms with Crippen LogP contribution in [0.1, 0.15) is 52.7 Å². The Kier molecular flexibility index (Phi) is 6.69. The number of thiophene rings is 1. The first-order valence-corrected chi connectivity index (χ1v) is 11.7. The number of carbonyl (C=O) groups excluding carboxylic acids is 1. The molecule has 1 unspecified atom stereocenters. The lowest BCUT2D eigenvalue weighted by atomic mass is 9.87. The SMILES string of the molecule is CN/C=C\C(=N)NC(=O)c1cc(Cl)c([C@@H]2C[S+]([O-])C3(CCCCC3)C(=N)N2)s1. The minimum absolute atomic E-state index is 0.0386. The summed E-state index contributed by atoms with van der Waals surface area (Å²) in [7, 11) is 1.70. The van der Waals surface area contributed by atoms with Crippen molar-refractivity contribution in [3.8, 4) is 0 Å². The van der Waals surface area contributed by atoms with Crippen LogP contribution in [0.15, 0.2) is 18.3 Å². The minimum Gasteiger partial charge on any atom is -0.616 e. The number of rotatable bonds is 4. The van der Waals surface area contributed by atoms with E-state index >= 15 is 0 Å². The molecule has 0 bridgehead atoms. The van der Waals surface area contributed by atoms with E-state index in [0.29, 0.717) is 26.4 Å². The molecule has 0 radical (unpaired) electrons. The van der Waals surface area contributed by atoms with E-state index in [2.05, 4.69) is 16.0 Å². The van der Waals surface area contributed by atoms with Crippen LogP contribution in [0.2, 0.25) is 5.02 Å². The first-order chi connectivity index (χ1) is 13.4. The van der Waals surface area contributed by atoms with Crippen molar-refractivity contribution in [2.75, 3.05) is 12.8 Å². The van der Waals surface area contributed by atoms with E-state index in [1.54, 1.807) is 19.3 Å². The van der Waals surface area contributed by atoms with Gasteiger partial charge in [0.2, 0.25) is 0 Å². The summed E-state index contributed by atoms with van der Waals surface area (Å²) in [5.74, 6) is 0.254. The molecule has 0 aromatic carbocycles. The second-order valence-corrected chi connectivity index (χ2v) is 10.2. The van der Waals surface area contributed by atoms with Crippen LogP contribution in [-0.4, -0.2) is 39.7 Å². The van der Waals surface area contributed by atoms with Crippen LogP contribution in [0, 0.1) is 10.8 Å². The van der Waals surface area contributed by atoms with Gasteiger partial charge in [-0.2, -0.15) is 0 Å². The molecule has 3 rings (SSSR count). The van der Waals surface area contributed by atoms with E-state index in [4.69, 9.17) is 22.4 Å². The highest BCUT2D eigenvalue weighted by Crippen LogP contribution is 2.43. The fourth-order valence-corrected chi connectivity index (χ4v) is 7.07. The maximum atomic E-state index is 13.0. The molecule has 2 fully saturated rings. The van der Waals surface area contributed by atoms with Gasteiger partial charge in [-0.3, -0.25) is 15.6 Å². The number of halogens is 1. The lowest BCUT2D eigenvalue weighted by Gasteiger charge is -2.44. The van der Waals surface area contributed by atoms with Crippen molar-refractivity contribution in [2.24, 2.45) is 0 Å². The maximum Gasteiger partial charge on any atom is 0.266 e. The second kappa shape index (κ2) is 8.86. The van der Waals surface area contributed by atoms with Gasteiger partial charge in [0.25, 0.3) is 5.91 Å². The molecule has 10 heteroatoms. The number of nitrogens with one attached hydrogen (secondary N) is 5. The number of carbonyl (C=O) groups is 1. The predicted octanol–water partition coefficient (Wildman–Crippen LogP) is 2.91. The van der Waals surface area contributed by atoms with E-state index in [-0.39, 0.29) is 11.9 Å². The Hall–Kier alpha value is -1.55. The number of amidine groups is 2. The van der Waals surface area contributed by atoms with E-state index in [9.17, 15) is 9.35 Å². The van der Waals surface area contributed by atoms with Gasteiger partial charge < -0.3 is 20.5 Å². The molecule has 1 saturated heterocycles. The molecular formula is C18H24ClN5O2S2. The molecule has 1 saturated carbocycles. The van der Waals surface area contributed by atoms with Crippen molar-refractivity contribution >= 4 is 51.7 Å². The van der Waals surface area contributed by atoms with Crippen LogP contribution < -0.4 is 16.0 Å². The zero-order chi connectivity index (χ0) is 20.3. The monoisotopic (exact) mass is 441 g/mol. The third-order valence-corrected chi connectivity index (χ3v) is 8.90. The number of hydrogen-bond acceptors (Lipinski definition) is 6. The molecule has 1 spiro atoms. The highest BCUT2D eigenvalue weighted by molar-refractivity contribution is 7.93. The molecule has 5 N–H and O–H groups in total. The average molecular weight is 442 g/mol. The third-order valence-electron chi connectivity index (χ3n) is 5.11. The molecule has 1 aromatic rings. The third kappa shape index (κ3) is 4.22. The van der Waals surface area contributed by atoms with Crippen molar-refractivity contribution in [1.82, 2.24) is 16.0 Å². The van der Waals surface area contributed by atoms with Crippen molar-refractivity contribution in [3.05, 3.63) is 33.1 Å². The van der Waals surface area contributed by atoms with Gasteiger partial charge in [-0.05, 0) is 42.4 Å². The number of hydrogen-bond donors (Lipinski definition) is 5. The molecule has 1 aromatic heterocycles. The normalized spacial score (nSPS) is 24.2. The summed E-state index contributed by atoms with van der Waals surface area (Å²) in [6, 6.07) is 1.22. The van der Waals surface area contributed by atoms with Gasteiger partial charge in [0.1, 0.15) is 17.6 Å².